The van der Waals surface area contributed by atoms with Gasteiger partial charge in [0.25, 0.3) is 0 Å². The van der Waals surface area contributed by atoms with E-state index in [-0.39, 0.29) is 12.6 Å². The molecule has 0 aliphatic heterocycles. The van der Waals surface area contributed by atoms with Gasteiger partial charge in [0.05, 0.1) is 6.54 Å². The summed E-state index contributed by atoms with van der Waals surface area (Å²) in [5.74, 6) is 0.804. The van der Waals surface area contributed by atoms with Crippen LogP contribution in [0.15, 0.2) is 52.1 Å². The molecule has 0 saturated carbocycles. The molecular formula is C16H20N2O2S2. The van der Waals surface area contributed by atoms with Gasteiger partial charge in [-0.3, -0.25) is 0 Å². The Balaban J connectivity index is 1.64. The summed E-state index contributed by atoms with van der Waals surface area (Å²) in [6.07, 6.45) is 0. The first-order valence-electron chi connectivity index (χ1n) is 7.02. The van der Waals surface area contributed by atoms with Crippen molar-refractivity contribution in [1.82, 2.24) is 10.6 Å². The maximum Gasteiger partial charge on any atom is 0.314 e. The van der Waals surface area contributed by atoms with Crippen molar-refractivity contribution >= 4 is 29.1 Å². The van der Waals surface area contributed by atoms with Crippen LogP contribution >= 0.6 is 23.1 Å². The Labute approximate surface area is 138 Å². The van der Waals surface area contributed by atoms with Crippen molar-refractivity contribution in [2.75, 3.05) is 18.8 Å². The average molecular weight is 336 g/mol. The van der Waals surface area contributed by atoms with E-state index in [1.807, 2.05) is 47.2 Å². The first-order valence-corrected chi connectivity index (χ1v) is 8.95. The highest BCUT2D eigenvalue weighted by molar-refractivity contribution is 7.99. The van der Waals surface area contributed by atoms with Crippen LogP contribution in [0.1, 0.15) is 12.5 Å². The second-order valence-corrected chi connectivity index (χ2v) is 7.01. The zero-order valence-corrected chi connectivity index (χ0v) is 14.0. The number of urea groups is 1. The molecule has 2 aromatic rings. The van der Waals surface area contributed by atoms with E-state index in [2.05, 4.69) is 10.6 Å². The number of nitrogens with one attached hydrogen (secondary N) is 2. The van der Waals surface area contributed by atoms with Gasteiger partial charge in [-0.1, -0.05) is 18.2 Å². The summed E-state index contributed by atoms with van der Waals surface area (Å²) in [6.45, 7) is 2.45. The number of carbonyl (C=O) groups is 1. The van der Waals surface area contributed by atoms with E-state index in [9.17, 15) is 9.90 Å². The van der Waals surface area contributed by atoms with E-state index < -0.39 is 5.60 Å². The Hall–Kier alpha value is -1.50. The molecule has 2 amide bonds. The molecule has 3 N–H and O–H groups in total. The standard InChI is InChI=1S/C16H20N2O2S2/c1-16(20,13-7-9-21-11-13)12-18-15(19)17-8-10-22-14-5-3-2-4-6-14/h2-7,9,11,20H,8,10,12H2,1H3,(H2,17,18,19). The van der Waals surface area contributed by atoms with Gasteiger partial charge in [-0.05, 0) is 41.4 Å². The molecule has 0 saturated heterocycles. The second-order valence-electron chi connectivity index (χ2n) is 5.06. The molecule has 0 aliphatic rings. The van der Waals surface area contributed by atoms with Gasteiger partial charge in [0.1, 0.15) is 5.60 Å². The van der Waals surface area contributed by atoms with Crippen LogP contribution in [0.25, 0.3) is 0 Å². The van der Waals surface area contributed by atoms with Crippen molar-refractivity contribution in [1.29, 1.82) is 0 Å². The van der Waals surface area contributed by atoms with Gasteiger partial charge in [0.15, 0.2) is 0 Å². The number of hydrogen-bond acceptors (Lipinski definition) is 4. The van der Waals surface area contributed by atoms with E-state index in [0.717, 1.165) is 11.3 Å². The summed E-state index contributed by atoms with van der Waals surface area (Å²) >= 11 is 3.22. The lowest BCUT2D eigenvalue weighted by Gasteiger charge is -2.22. The van der Waals surface area contributed by atoms with Crippen molar-refractivity contribution in [2.24, 2.45) is 0 Å². The van der Waals surface area contributed by atoms with E-state index in [0.29, 0.717) is 6.54 Å². The topological polar surface area (TPSA) is 61.4 Å². The van der Waals surface area contributed by atoms with Crippen molar-refractivity contribution in [3.05, 3.63) is 52.7 Å². The van der Waals surface area contributed by atoms with Crippen molar-refractivity contribution in [3.8, 4) is 0 Å². The lowest BCUT2D eigenvalue weighted by atomic mass is 9.99. The highest BCUT2D eigenvalue weighted by Crippen LogP contribution is 2.21. The van der Waals surface area contributed by atoms with Gasteiger partial charge < -0.3 is 15.7 Å². The fraction of sp³-hybridized carbons (Fsp3) is 0.312. The van der Waals surface area contributed by atoms with Crippen LogP contribution in [0.4, 0.5) is 4.79 Å². The molecule has 6 heteroatoms. The van der Waals surface area contributed by atoms with Crippen LogP contribution in [0.3, 0.4) is 0 Å². The maximum absolute atomic E-state index is 11.7. The molecular weight excluding hydrogens is 316 g/mol. The van der Waals surface area contributed by atoms with E-state index in [1.54, 1.807) is 18.7 Å². The molecule has 0 fully saturated rings. The van der Waals surface area contributed by atoms with Gasteiger partial charge in [-0.2, -0.15) is 11.3 Å². The van der Waals surface area contributed by atoms with Crippen molar-refractivity contribution < 1.29 is 9.90 Å². The van der Waals surface area contributed by atoms with Gasteiger partial charge in [-0.25, -0.2) is 4.79 Å². The molecule has 2 rings (SSSR count). The number of hydrogen-bond donors (Lipinski definition) is 3. The third-order valence-corrected chi connectivity index (χ3v) is 4.83. The highest BCUT2D eigenvalue weighted by Gasteiger charge is 2.23. The average Bonchev–Trinajstić information content (AvgIpc) is 3.06. The molecule has 22 heavy (non-hydrogen) atoms. The Morgan fingerprint density at radius 2 is 2.05 bits per heavy atom. The van der Waals surface area contributed by atoms with E-state index in [1.165, 1.54) is 16.2 Å². The van der Waals surface area contributed by atoms with Gasteiger partial charge in [-0.15, -0.1) is 11.8 Å². The number of thiophene rings is 1. The SMILES string of the molecule is CC(O)(CNC(=O)NCCSc1ccccc1)c1ccsc1. The minimum Gasteiger partial charge on any atom is -0.384 e. The van der Waals surface area contributed by atoms with Crippen LogP contribution in [0.2, 0.25) is 0 Å². The van der Waals surface area contributed by atoms with Gasteiger partial charge >= 0.3 is 6.03 Å². The Bertz CT molecular complexity index is 571. The summed E-state index contributed by atoms with van der Waals surface area (Å²) in [5.41, 5.74) is -0.228. The molecule has 4 nitrogen and oxygen atoms in total. The molecule has 0 bridgehead atoms. The fourth-order valence-corrected chi connectivity index (χ4v) is 3.41. The zero-order chi connectivity index (χ0) is 15.8. The number of rotatable bonds is 7. The van der Waals surface area contributed by atoms with E-state index in [4.69, 9.17) is 0 Å². The summed E-state index contributed by atoms with van der Waals surface area (Å²) in [7, 11) is 0. The number of aliphatic hydroxyl groups is 1. The number of benzene rings is 1. The number of amides is 2. The number of carbonyl (C=O) groups excluding carboxylic acids is 1. The molecule has 1 atom stereocenters. The predicted octanol–water partition coefficient (Wildman–Crippen LogP) is 3.05. The third-order valence-electron chi connectivity index (χ3n) is 3.14. The van der Waals surface area contributed by atoms with E-state index >= 15 is 0 Å². The summed E-state index contributed by atoms with van der Waals surface area (Å²) < 4.78 is 0. The Kier molecular flexibility index (Phi) is 6.30. The normalized spacial score (nSPS) is 13.4. The van der Waals surface area contributed by atoms with Crippen LogP contribution in [-0.4, -0.2) is 30.0 Å². The number of thioether (sulfide) groups is 1. The third kappa shape index (κ3) is 5.36. The largest absolute Gasteiger partial charge is 0.384 e. The second kappa shape index (κ2) is 8.22. The predicted molar refractivity (Wildman–Crippen MR) is 92.5 cm³/mol. The van der Waals surface area contributed by atoms with Crippen LogP contribution in [-0.2, 0) is 5.60 Å². The fourth-order valence-electron chi connectivity index (χ4n) is 1.84. The first kappa shape index (κ1) is 16.9. The Morgan fingerprint density at radius 1 is 1.27 bits per heavy atom. The minimum absolute atomic E-state index is 0.182. The molecule has 0 radical (unpaired) electrons. The van der Waals surface area contributed by atoms with Gasteiger partial charge in [0, 0.05) is 17.2 Å². The van der Waals surface area contributed by atoms with Crippen molar-refractivity contribution in [2.45, 2.75) is 17.4 Å². The molecule has 1 unspecified atom stereocenters. The smallest absolute Gasteiger partial charge is 0.314 e. The molecule has 1 aromatic heterocycles. The van der Waals surface area contributed by atoms with Crippen molar-refractivity contribution in [3.63, 3.8) is 0 Å². The lowest BCUT2D eigenvalue weighted by Crippen LogP contribution is -2.43. The van der Waals surface area contributed by atoms with Crippen LogP contribution in [0.5, 0.6) is 0 Å². The molecule has 1 heterocycles. The van der Waals surface area contributed by atoms with Crippen LogP contribution < -0.4 is 10.6 Å². The lowest BCUT2D eigenvalue weighted by molar-refractivity contribution is 0.0598. The summed E-state index contributed by atoms with van der Waals surface area (Å²) in [4.78, 5) is 12.9. The molecule has 1 aromatic carbocycles. The first-order chi connectivity index (χ1) is 10.6. The van der Waals surface area contributed by atoms with Gasteiger partial charge in [0.2, 0.25) is 0 Å². The summed E-state index contributed by atoms with van der Waals surface area (Å²) in [5, 5.41) is 19.6. The maximum atomic E-state index is 11.7. The monoisotopic (exact) mass is 336 g/mol. The molecule has 0 aliphatic carbocycles. The quantitative estimate of drug-likeness (QED) is 0.538. The zero-order valence-electron chi connectivity index (χ0n) is 12.4. The summed E-state index contributed by atoms with van der Waals surface area (Å²) in [6, 6.07) is 11.7. The minimum atomic E-state index is -1.05. The molecule has 0 spiro atoms. The molecule has 118 valence electrons. The Morgan fingerprint density at radius 3 is 2.73 bits per heavy atom. The highest BCUT2D eigenvalue weighted by atomic mass is 32.2. The van der Waals surface area contributed by atoms with Crippen LogP contribution in [0, 0.1) is 0 Å².